The number of hydrogen-bond donors (Lipinski definition) is 0. The monoisotopic (exact) mass is 287 g/mol. The van der Waals surface area contributed by atoms with E-state index >= 15 is 0 Å². The lowest BCUT2D eigenvalue weighted by molar-refractivity contribution is 0.182. The predicted molar refractivity (Wildman–Crippen MR) is 69.6 cm³/mol. The molecule has 7 heteroatoms. The van der Waals surface area contributed by atoms with Gasteiger partial charge in [0.25, 0.3) is 0 Å². The first-order chi connectivity index (χ1) is 8.97. The Morgan fingerprint density at radius 2 is 2.11 bits per heavy atom. The van der Waals surface area contributed by atoms with Crippen molar-refractivity contribution in [2.24, 2.45) is 5.92 Å². The van der Waals surface area contributed by atoms with Gasteiger partial charge < -0.3 is 9.15 Å². The molecule has 0 aromatic carbocycles. The zero-order valence-corrected chi connectivity index (χ0v) is 11.6. The van der Waals surface area contributed by atoms with Gasteiger partial charge in [-0.15, -0.1) is 0 Å². The molecule has 19 heavy (non-hydrogen) atoms. The van der Waals surface area contributed by atoms with E-state index in [-0.39, 0.29) is 17.1 Å². The smallest absolute Gasteiger partial charge is 0.226 e. The van der Waals surface area contributed by atoms with E-state index in [4.69, 9.17) is 9.15 Å². The highest BCUT2D eigenvalue weighted by Crippen LogP contribution is 2.19. The Labute approximate surface area is 112 Å². The van der Waals surface area contributed by atoms with Crippen LogP contribution >= 0.6 is 0 Å². The summed E-state index contributed by atoms with van der Waals surface area (Å²) in [6.07, 6.45) is 5.29. The van der Waals surface area contributed by atoms with E-state index in [0.717, 1.165) is 12.8 Å². The lowest BCUT2D eigenvalue weighted by Gasteiger charge is -2.29. The minimum absolute atomic E-state index is 0.202. The van der Waals surface area contributed by atoms with Gasteiger partial charge in [0.1, 0.15) is 6.26 Å². The van der Waals surface area contributed by atoms with Crippen LogP contribution in [0.25, 0.3) is 0 Å². The number of rotatable bonds is 4. The number of nitrogens with zero attached hydrogens (tertiary/aromatic N) is 1. The molecular weight excluding hydrogens is 270 g/mol. The predicted octanol–water partition coefficient (Wildman–Crippen LogP) is 0.690. The van der Waals surface area contributed by atoms with E-state index in [2.05, 4.69) is 0 Å². The molecule has 1 aliphatic heterocycles. The normalized spacial score (nSPS) is 18.4. The van der Waals surface area contributed by atoms with Gasteiger partial charge in [-0.1, -0.05) is 0 Å². The number of piperidine rings is 1. The standard InChI is InChI=1S/C12H17NO5S/c1-19(15,16)13-5-2-10(3-6-13)8-18-12-9-17-7-4-11(12)14/h4,7,9-10H,2-3,5-6,8H2,1H3. The average molecular weight is 287 g/mol. The topological polar surface area (TPSA) is 76.8 Å². The summed E-state index contributed by atoms with van der Waals surface area (Å²) < 4.78 is 34.5. The van der Waals surface area contributed by atoms with Crippen LogP contribution in [-0.4, -0.2) is 38.7 Å². The van der Waals surface area contributed by atoms with E-state index in [1.54, 1.807) is 0 Å². The Balaban J connectivity index is 1.84. The van der Waals surface area contributed by atoms with Crippen molar-refractivity contribution < 1.29 is 17.6 Å². The maximum absolute atomic E-state index is 11.4. The Morgan fingerprint density at radius 3 is 2.68 bits per heavy atom. The molecule has 0 radical (unpaired) electrons. The van der Waals surface area contributed by atoms with Crippen molar-refractivity contribution in [3.8, 4) is 5.75 Å². The molecule has 1 fully saturated rings. The highest BCUT2D eigenvalue weighted by atomic mass is 32.2. The highest BCUT2D eigenvalue weighted by molar-refractivity contribution is 7.88. The molecule has 6 nitrogen and oxygen atoms in total. The van der Waals surface area contributed by atoms with Gasteiger partial charge in [-0.05, 0) is 18.8 Å². The van der Waals surface area contributed by atoms with E-state index in [0.29, 0.717) is 19.7 Å². The van der Waals surface area contributed by atoms with Gasteiger partial charge in [0.05, 0.1) is 19.1 Å². The lowest BCUT2D eigenvalue weighted by Crippen LogP contribution is -2.39. The molecule has 0 N–H and O–H groups in total. The van der Waals surface area contributed by atoms with Gasteiger partial charge in [0, 0.05) is 19.2 Å². The maximum atomic E-state index is 11.4. The SMILES string of the molecule is CS(=O)(=O)N1CCC(COc2coccc2=O)CC1. The van der Waals surface area contributed by atoms with Crippen molar-refractivity contribution in [3.05, 3.63) is 28.8 Å². The summed E-state index contributed by atoms with van der Waals surface area (Å²) in [7, 11) is -3.10. The lowest BCUT2D eigenvalue weighted by atomic mass is 9.99. The second-order valence-corrected chi connectivity index (χ2v) is 6.68. The number of sulfonamides is 1. The minimum atomic E-state index is -3.10. The molecule has 0 unspecified atom stereocenters. The molecule has 1 aromatic rings. The van der Waals surface area contributed by atoms with Crippen molar-refractivity contribution in [1.82, 2.24) is 4.31 Å². The Hall–Kier alpha value is -1.34. The zero-order chi connectivity index (χ0) is 13.9. The summed E-state index contributed by atoms with van der Waals surface area (Å²) in [5, 5.41) is 0. The van der Waals surface area contributed by atoms with Crippen molar-refractivity contribution in [1.29, 1.82) is 0 Å². The van der Waals surface area contributed by atoms with Gasteiger partial charge in [-0.2, -0.15) is 0 Å². The third-order valence-electron chi connectivity index (χ3n) is 3.23. The van der Waals surface area contributed by atoms with Crippen molar-refractivity contribution >= 4 is 10.0 Å². The molecule has 0 spiro atoms. The largest absolute Gasteiger partial charge is 0.486 e. The Morgan fingerprint density at radius 1 is 1.42 bits per heavy atom. The van der Waals surface area contributed by atoms with Crippen molar-refractivity contribution in [2.45, 2.75) is 12.8 Å². The summed E-state index contributed by atoms with van der Waals surface area (Å²) in [6, 6.07) is 1.31. The van der Waals surface area contributed by atoms with E-state index in [9.17, 15) is 13.2 Å². The third kappa shape index (κ3) is 3.81. The molecule has 0 aliphatic carbocycles. The van der Waals surface area contributed by atoms with Crippen LogP contribution in [0.4, 0.5) is 0 Å². The first kappa shape index (κ1) is 14.1. The Kier molecular flexibility index (Phi) is 4.26. The van der Waals surface area contributed by atoms with E-state index in [1.165, 1.54) is 29.2 Å². The molecule has 0 atom stereocenters. The maximum Gasteiger partial charge on any atom is 0.226 e. The van der Waals surface area contributed by atoms with Gasteiger partial charge in [-0.3, -0.25) is 4.79 Å². The quantitative estimate of drug-likeness (QED) is 0.814. The second kappa shape index (κ2) is 5.75. The second-order valence-electron chi connectivity index (χ2n) is 4.70. The molecule has 1 saturated heterocycles. The van der Waals surface area contributed by atoms with Crippen LogP contribution < -0.4 is 10.2 Å². The van der Waals surface area contributed by atoms with E-state index < -0.39 is 10.0 Å². The summed E-state index contributed by atoms with van der Waals surface area (Å²) in [5.41, 5.74) is -0.208. The molecular formula is C12H17NO5S. The molecule has 0 saturated carbocycles. The van der Waals surface area contributed by atoms with Crippen LogP contribution in [0.3, 0.4) is 0 Å². The third-order valence-corrected chi connectivity index (χ3v) is 4.54. The Bertz CT molecular complexity index is 572. The summed E-state index contributed by atoms with van der Waals surface area (Å²) in [4.78, 5) is 11.4. The number of ether oxygens (including phenoxy) is 1. The van der Waals surface area contributed by atoms with Crippen LogP contribution in [0.1, 0.15) is 12.8 Å². The first-order valence-electron chi connectivity index (χ1n) is 6.11. The van der Waals surface area contributed by atoms with Crippen molar-refractivity contribution in [2.75, 3.05) is 26.0 Å². The van der Waals surface area contributed by atoms with Crippen LogP contribution in [0.2, 0.25) is 0 Å². The zero-order valence-electron chi connectivity index (χ0n) is 10.7. The van der Waals surface area contributed by atoms with Crippen molar-refractivity contribution in [3.63, 3.8) is 0 Å². The fourth-order valence-corrected chi connectivity index (χ4v) is 2.94. The van der Waals surface area contributed by atoms with Crippen LogP contribution in [0, 0.1) is 5.92 Å². The number of hydrogen-bond acceptors (Lipinski definition) is 5. The highest BCUT2D eigenvalue weighted by Gasteiger charge is 2.25. The van der Waals surface area contributed by atoms with Gasteiger partial charge in [0.15, 0.2) is 0 Å². The fraction of sp³-hybridized carbons (Fsp3) is 0.583. The molecule has 0 amide bonds. The average Bonchev–Trinajstić information content (AvgIpc) is 2.37. The molecule has 2 rings (SSSR count). The van der Waals surface area contributed by atoms with Gasteiger partial charge in [0.2, 0.25) is 21.2 Å². The van der Waals surface area contributed by atoms with Crippen LogP contribution in [-0.2, 0) is 10.0 Å². The van der Waals surface area contributed by atoms with Gasteiger partial charge >= 0.3 is 0 Å². The van der Waals surface area contributed by atoms with E-state index in [1.807, 2.05) is 0 Å². The summed E-state index contributed by atoms with van der Waals surface area (Å²) >= 11 is 0. The van der Waals surface area contributed by atoms with Crippen LogP contribution in [0.15, 0.2) is 27.8 Å². The minimum Gasteiger partial charge on any atom is -0.486 e. The van der Waals surface area contributed by atoms with Crippen LogP contribution in [0.5, 0.6) is 5.75 Å². The van der Waals surface area contributed by atoms with Gasteiger partial charge in [-0.25, -0.2) is 12.7 Å². The molecule has 106 valence electrons. The summed E-state index contributed by atoms with van der Waals surface area (Å²) in [6.45, 7) is 1.43. The first-order valence-corrected chi connectivity index (χ1v) is 7.96. The molecule has 1 aliphatic rings. The molecule has 2 heterocycles. The molecule has 1 aromatic heterocycles. The molecule has 0 bridgehead atoms. The fourth-order valence-electron chi connectivity index (χ4n) is 2.06. The summed E-state index contributed by atoms with van der Waals surface area (Å²) in [5.74, 6) is 0.464.